The lowest BCUT2D eigenvalue weighted by molar-refractivity contribution is 0.00871. The monoisotopic (exact) mass is 412 g/mol. The number of hydrogen-bond donors (Lipinski definition) is 3. The van der Waals surface area contributed by atoms with E-state index in [0.29, 0.717) is 28.5 Å². The maximum atomic E-state index is 14.0. The van der Waals surface area contributed by atoms with Gasteiger partial charge >= 0.3 is 0 Å². The Labute approximate surface area is 171 Å². The summed E-state index contributed by atoms with van der Waals surface area (Å²) in [5, 5.41) is 14.0. The summed E-state index contributed by atoms with van der Waals surface area (Å²) in [6.45, 7) is 2.37. The smallest absolute Gasteiger partial charge is 0.151 e. The van der Waals surface area contributed by atoms with Gasteiger partial charge < -0.3 is 30.4 Å². The van der Waals surface area contributed by atoms with Crippen molar-refractivity contribution in [2.45, 2.75) is 31.3 Å². The molecule has 0 saturated carbocycles. The van der Waals surface area contributed by atoms with E-state index >= 15 is 0 Å². The van der Waals surface area contributed by atoms with Crippen LogP contribution in [0.1, 0.15) is 5.56 Å². The molecule has 4 atom stereocenters. The summed E-state index contributed by atoms with van der Waals surface area (Å²) in [5.74, 6) is 0.422. The molecule has 2 saturated heterocycles. The van der Waals surface area contributed by atoms with Gasteiger partial charge in [0.15, 0.2) is 6.10 Å². The van der Waals surface area contributed by atoms with E-state index in [1.54, 1.807) is 12.1 Å². The van der Waals surface area contributed by atoms with E-state index in [4.69, 9.17) is 19.9 Å². The number of nitrogens with one attached hydrogen (secondary N) is 1. The molecule has 3 aromatic rings. The molecular weight excluding hydrogens is 391 g/mol. The van der Waals surface area contributed by atoms with Crippen molar-refractivity contribution in [1.82, 2.24) is 9.97 Å². The molecule has 156 valence electrons. The number of anilines is 3. The molecule has 2 aliphatic heterocycles. The Morgan fingerprint density at radius 3 is 2.87 bits per heavy atom. The third-order valence-electron chi connectivity index (χ3n) is 5.41. The second kappa shape index (κ2) is 7.35. The highest BCUT2D eigenvalue weighted by molar-refractivity contribution is 5.95. The molecule has 30 heavy (non-hydrogen) atoms. The number of benzene rings is 2. The van der Waals surface area contributed by atoms with Crippen molar-refractivity contribution in [3.63, 3.8) is 0 Å². The molecule has 2 aromatic carbocycles. The van der Waals surface area contributed by atoms with Crippen LogP contribution in [0.4, 0.5) is 21.6 Å². The molecule has 5 rings (SSSR count). The lowest BCUT2D eigenvalue weighted by atomic mass is 10.1. The topological polar surface area (TPSA) is 112 Å². The molecule has 0 aliphatic carbocycles. The van der Waals surface area contributed by atoms with Gasteiger partial charge in [-0.05, 0) is 36.8 Å². The molecule has 0 amide bonds. The SMILES string of the molecule is Cc1cc(N)cc2ncnc(Nc3ccc(F)cc3OC3COC4C3OC[C@H]4O)c12. The van der Waals surface area contributed by atoms with Crippen molar-refractivity contribution < 1.29 is 23.7 Å². The van der Waals surface area contributed by atoms with E-state index in [1.165, 1.54) is 18.5 Å². The summed E-state index contributed by atoms with van der Waals surface area (Å²) in [7, 11) is 0. The normalized spacial score (nSPS) is 25.4. The Kier molecular flexibility index (Phi) is 4.65. The Balaban J connectivity index is 1.47. The van der Waals surface area contributed by atoms with Crippen LogP contribution in [-0.2, 0) is 9.47 Å². The van der Waals surface area contributed by atoms with Crippen LogP contribution in [0, 0.1) is 12.7 Å². The molecule has 0 radical (unpaired) electrons. The van der Waals surface area contributed by atoms with E-state index in [1.807, 2.05) is 13.0 Å². The Bertz CT molecular complexity index is 1110. The first-order valence-electron chi connectivity index (χ1n) is 9.65. The van der Waals surface area contributed by atoms with Crippen molar-refractivity contribution in [2.75, 3.05) is 24.3 Å². The predicted molar refractivity (Wildman–Crippen MR) is 108 cm³/mol. The second-order valence-electron chi connectivity index (χ2n) is 7.54. The number of hydrogen-bond acceptors (Lipinski definition) is 8. The van der Waals surface area contributed by atoms with Crippen molar-refractivity contribution in [1.29, 1.82) is 0 Å². The van der Waals surface area contributed by atoms with Gasteiger partial charge in [0.25, 0.3) is 0 Å². The predicted octanol–water partition coefficient (Wildman–Crippen LogP) is 2.31. The molecular formula is C21H21FN4O4. The van der Waals surface area contributed by atoms with Gasteiger partial charge in [-0.1, -0.05) is 0 Å². The number of aliphatic hydroxyl groups excluding tert-OH is 1. The van der Waals surface area contributed by atoms with Gasteiger partial charge in [-0.2, -0.15) is 0 Å². The molecule has 0 bridgehead atoms. The number of aromatic nitrogens is 2. The summed E-state index contributed by atoms with van der Waals surface area (Å²) in [5.41, 5.74) is 8.70. The summed E-state index contributed by atoms with van der Waals surface area (Å²) >= 11 is 0. The number of nitrogens with zero attached hydrogens (tertiary/aromatic N) is 2. The van der Waals surface area contributed by atoms with E-state index in [-0.39, 0.29) is 13.2 Å². The number of halogens is 1. The van der Waals surface area contributed by atoms with Crippen LogP contribution >= 0.6 is 0 Å². The largest absolute Gasteiger partial charge is 0.483 e. The highest BCUT2D eigenvalue weighted by Gasteiger charge is 2.48. The minimum absolute atomic E-state index is 0.193. The zero-order valence-corrected chi connectivity index (χ0v) is 16.2. The number of nitrogens with two attached hydrogens (primary N) is 1. The van der Waals surface area contributed by atoms with E-state index in [0.717, 1.165) is 10.9 Å². The van der Waals surface area contributed by atoms with Gasteiger partial charge in [-0.3, -0.25) is 0 Å². The van der Waals surface area contributed by atoms with E-state index in [2.05, 4.69) is 15.3 Å². The first kappa shape index (κ1) is 19.0. The zero-order chi connectivity index (χ0) is 20.8. The maximum absolute atomic E-state index is 14.0. The minimum Gasteiger partial charge on any atom is -0.483 e. The van der Waals surface area contributed by atoms with Crippen LogP contribution in [-0.4, -0.2) is 52.7 Å². The van der Waals surface area contributed by atoms with Crippen LogP contribution in [0.3, 0.4) is 0 Å². The van der Waals surface area contributed by atoms with Gasteiger partial charge in [0.2, 0.25) is 0 Å². The highest BCUT2D eigenvalue weighted by Crippen LogP contribution is 2.36. The Hall–Kier alpha value is -3.01. The van der Waals surface area contributed by atoms with Gasteiger partial charge in [0, 0.05) is 17.1 Å². The van der Waals surface area contributed by atoms with Crippen LogP contribution < -0.4 is 15.8 Å². The van der Waals surface area contributed by atoms with Crippen LogP contribution in [0.25, 0.3) is 10.9 Å². The molecule has 2 aliphatic rings. The zero-order valence-electron chi connectivity index (χ0n) is 16.2. The summed E-state index contributed by atoms with van der Waals surface area (Å²) in [6, 6.07) is 7.85. The van der Waals surface area contributed by atoms with Gasteiger partial charge in [-0.25, -0.2) is 14.4 Å². The quantitative estimate of drug-likeness (QED) is 0.560. The number of aliphatic hydroxyl groups is 1. The molecule has 1 aromatic heterocycles. The molecule has 2 fully saturated rings. The van der Waals surface area contributed by atoms with Crippen molar-refractivity contribution in [2.24, 2.45) is 0 Å². The average Bonchev–Trinajstić information content (AvgIpc) is 3.27. The molecule has 3 unspecified atom stereocenters. The summed E-state index contributed by atoms with van der Waals surface area (Å²) in [4.78, 5) is 8.65. The van der Waals surface area contributed by atoms with E-state index in [9.17, 15) is 9.50 Å². The van der Waals surface area contributed by atoms with Crippen LogP contribution in [0.15, 0.2) is 36.7 Å². The number of nitrogen functional groups attached to an aromatic ring is 1. The Morgan fingerprint density at radius 1 is 1.17 bits per heavy atom. The molecule has 8 nitrogen and oxygen atoms in total. The fourth-order valence-electron chi connectivity index (χ4n) is 4.05. The second-order valence-corrected chi connectivity index (χ2v) is 7.54. The first-order chi connectivity index (χ1) is 14.5. The van der Waals surface area contributed by atoms with Crippen LogP contribution in [0.5, 0.6) is 5.75 Å². The van der Waals surface area contributed by atoms with Crippen molar-refractivity contribution in [3.05, 3.63) is 48.0 Å². The van der Waals surface area contributed by atoms with Crippen molar-refractivity contribution >= 4 is 28.1 Å². The standard InChI is InChI=1S/C21H21FN4O4/c1-10-4-12(23)6-14-18(10)21(25-9-24-14)26-13-3-2-11(22)5-16(13)30-17-8-29-19-15(27)7-28-20(17)19/h2-6,9,15,17,19-20,27H,7-8,23H2,1H3,(H,24,25,26)/t15-,17?,19?,20?/m1/s1. The van der Waals surface area contributed by atoms with Gasteiger partial charge in [0.05, 0.1) is 24.4 Å². The minimum atomic E-state index is -0.684. The average molecular weight is 412 g/mol. The molecule has 0 spiro atoms. The van der Waals surface area contributed by atoms with Gasteiger partial charge in [0.1, 0.15) is 42.0 Å². The molecule has 3 heterocycles. The van der Waals surface area contributed by atoms with Gasteiger partial charge in [-0.15, -0.1) is 0 Å². The van der Waals surface area contributed by atoms with Crippen LogP contribution in [0.2, 0.25) is 0 Å². The first-order valence-corrected chi connectivity index (χ1v) is 9.65. The summed E-state index contributed by atoms with van der Waals surface area (Å²) in [6.07, 6.45) is -0.536. The highest BCUT2D eigenvalue weighted by atomic mass is 19.1. The fourth-order valence-corrected chi connectivity index (χ4v) is 4.05. The lowest BCUT2D eigenvalue weighted by Crippen LogP contribution is -2.34. The molecule has 9 heteroatoms. The number of aryl methyl sites for hydroxylation is 1. The molecule has 4 N–H and O–H groups in total. The summed E-state index contributed by atoms with van der Waals surface area (Å²) < 4.78 is 31.3. The maximum Gasteiger partial charge on any atom is 0.151 e. The third kappa shape index (κ3) is 3.30. The number of ether oxygens (including phenoxy) is 3. The fraction of sp³-hybridized carbons (Fsp3) is 0.333. The lowest BCUT2D eigenvalue weighted by Gasteiger charge is -2.21. The van der Waals surface area contributed by atoms with Crippen molar-refractivity contribution in [3.8, 4) is 5.75 Å². The number of fused-ring (bicyclic) bond motifs is 2. The third-order valence-corrected chi connectivity index (χ3v) is 5.41. The number of rotatable bonds is 4. The Morgan fingerprint density at radius 2 is 2.00 bits per heavy atom. The van der Waals surface area contributed by atoms with E-state index < -0.39 is 30.2 Å².